The summed E-state index contributed by atoms with van der Waals surface area (Å²) in [5.74, 6) is 2.66. The molecule has 0 unspecified atom stereocenters. The third-order valence-corrected chi connectivity index (χ3v) is 4.18. The van der Waals surface area contributed by atoms with Crippen LogP contribution in [0.1, 0.15) is 43.7 Å². The number of hydrogen-bond donors (Lipinski definition) is 1. The Balaban J connectivity index is 1.85. The molecular formula is C20H29N3O2. The highest BCUT2D eigenvalue weighted by molar-refractivity contribution is 5.42. The van der Waals surface area contributed by atoms with Gasteiger partial charge in [0.05, 0.1) is 14.2 Å². The van der Waals surface area contributed by atoms with Crippen molar-refractivity contribution >= 4 is 5.82 Å². The van der Waals surface area contributed by atoms with E-state index in [2.05, 4.69) is 34.3 Å². The van der Waals surface area contributed by atoms with Crippen LogP contribution in [0.25, 0.3) is 0 Å². The molecule has 136 valence electrons. The summed E-state index contributed by atoms with van der Waals surface area (Å²) in [6.45, 7) is 3.15. The van der Waals surface area contributed by atoms with Crippen molar-refractivity contribution in [3.63, 3.8) is 0 Å². The molecule has 5 nitrogen and oxygen atoms in total. The van der Waals surface area contributed by atoms with Crippen LogP contribution in [0.5, 0.6) is 11.5 Å². The maximum atomic E-state index is 5.33. The van der Waals surface area contributed by atoms with Gasteiger partial charge in [0, 0.05) is 24.4 Å². The monoisotopic (exact) mass is 343 g/mol. The zero-order valence-corrected chi connectivity index (χ0v) is 15.5. The zero-order valence-electron chi connectivity index (χ0n) is 15.5. The van der Waals surface area contributed by atoms with Crippen molar-refractivity contribution in [2.75, 3.05) is 26.1 Å². The van der Waals surface area contributed by atoms with Crippen molar-refractivity contribution in [1.29, 1.82) is 0 Å². The van der Waals surface area contributed by atoms with Crippen LogP contribution in [0, 0.1) is 0 Å². The van der Waals surface area contributed by atoms with Gasteiger partial charge in [0.15, 0.2) is 0 Å². The molecule has 25 heavy (non-hydrogen) atoms. The lowest BCUT2D eigenvalue weighted by molar-refractivity contribution is 0.393. The molecule has 0 fully saturated rings. The van der Waals surface area contributed by atoms with Gasteiger partial charge in [-0.1, -0.05) is 13.3 Å². The standard InChI is InChI=1S/C20H29N3O2/c1-4-5-10-22-20-17(14-21-15-23-20)9-7-6-8-16-11-18(24-2)13-19(12-16)25-3/h11-15H,4-10H2,1-3H3,(H,21,22,23). The summed E-state index contributed by atoms with van der Waals surface area (Å²) in [5.41, 5.74) is 2.43. The molecule has 5 heteroatoms. The van der Waals surface area contributed by atoms with Crippen LogP contribution in [-0.2, 0) is 12.8 Å². The van der Waals surface area contributed by atoms with Crippen LogP contribution in [0.3, 0.4) is 0 Å². The van der Waals surface area contributed by atoms with E-state index in [0.29, 0.717) is 0 Å². The third kappa shape index (κ3) is 6.25. The maximum Gasteiger partial charge on any atom is 0.132 e. The minimum Gasteiger partial charge on any atom is -0.497 e. The first kappa shape index (κ1) is 19.0. The molecule has 0 saturated heterocycles. The summed E-state index contributed by atoms with van der Waals surface area (Å²) < 4.78 is 10.7. The van der Waals surface area contributed by atoms with Gasteiger partial charge in [0.2, 0.25) is 0 Å². The van der Waals surface area contributed by atoms with Gasteiger partial charge in [-0.3, -0.25) is 0 Å². The van der Waals surface area contributed by atoms with E-state index in [1.165, 1.54) is 17.5 Å². The van der Waals surface area contributed by atoms with E-state index >= 15 is 0 Å². The highest BCUT2D eigenvalue weighted by Gasteiger charge is 2.05. The Kier molecular flexibility index (Phi) is 8.02. The van der Waals surface area contributed by atoms with Gasteiger partial charge in [-0.05, 0) is 49.8 Å². The summed E-state index contributed by atoms with van der Waals surface area (Å²) in [6, 6.07) is 6.05. The summed E-state index contributed by atoms with van der Waals surface area (Å²) in [7, 11) is 3.36. The van der Waals surface area contributed by atoms with Crippen LogP contribution in [0.4, 0.5) is 5.82 Å². The molecule has 1 aromatic heterocycles. The normalized spacial score (nSPS) is 10.5. The van der Waals surface area contributed by atoms with Crippen LogP contribution < -0.4 is 14.8 Å². The fraction of sp³-hybridized carbons (Fsp3) is 0.500. The molecule has 0 bridgehead atoms. The molecule has 0 radical (unpaired) electrons. The van der Waals surface area contributed by atoms with E-state index in [1.54, 1.807) is 20.5 Å². The van der Waals surface area contributed by atoms with Gasteiger partial charge in [-0.2, -0.15) is 0 Å². The van der Waals surface area contributed by atoms with E-state index in [4.69, 9.17) is 9.47 Å². The average Bonchev–Trinajstić information content (AvgIpc) is 2.66. The Hall–Kier alpha value is -2.30. The Morgan fingerprint density at radius 1 is 0.960 bits per heavy atom. The quantitative estimate of drug-likeness (QED) is 0.617. The predicted octanol–water partition coefficient (Wildman–Crippen LogP) is 4.27. The summed E-state index contributed by atoms with van der Waals surface area (Å²) in [5, 5.41) is 3.42. The molecule has 0 atom stereocenters. The fourth-order valence-corrected chi connectivity index (χ4v) is 2.74. The van der Waals surface area contributed by atoms with E-state index in [0.717, 1.165) is 56.0 Å². The smallest absolute Gasteiger partial charge is 0.132 e. The van der Waals surface area contributed by atoms with Crippen LogP contribution in [-0.4, -0.2) is 30.7 Å². The predicted molar refractivity (Wildman–Crippen MR) is 102 cm³/mol. The number of anilines is 1. The minimum absolute atomic E-state index is 0.841. The molecular weight excluding hydrogens is 314 g/mol. The van der Waals surface area contributed by atoms with Crippen molar-refractivity contribution in [2.24, 2.45) is 0 Å². The summed E-state index contributed by atoms with van der Waals surface area (Å²) in [6.07, 6.45) is 10.0. The maximum absolute atomic E-state index is 5.33. The minimum atomic E-state index is 0.841. The lowest BCUT2D eigenvalue weighted by Crippen LogP contribution is -2.06. The first-order chi connectivity index (χ1) is 12.3. The van der Waals surface area contributed by atoms with Crippen molar-refractivity contribution in [1.82, 2.24) is 9.97 Å². The van der Waals surface area contributed by atoms with Crippen molar-refractivity contribution in [3.05, 3.63) is 41.9 Å². The van der Waals surface area contributed by atoms with Gasteiger partial charge in [0.25, 0.3) is 0 Å². The zero-order chi connectivity index (χ0) is 17.9. The van der Waals surface area contributed by atoms with Gasteiger partial charge in [-0.15, -0.1) is 0 Å². The fourth-order valence-electron chi connectivity index (χ4n) is 2.74. The number of benzene rings is 1. The highest BCUT2D eigenvalue weighted by atomic mass is 16.5. The number of methoxy groups -OCH3 is 2. The number of nitrogens with zero attached hydrogens (tertiary/aromatic N) is 2. The summed E-state index contributed by atoms with van der Waals surface area (Å²) in [4.78, 5) is 8.55. The average molecular weight is 343 g/mol. The molecule has 0 amide bonds. The molecule has 1 heterocycles. The molecule has 2 aromatic rings. The topological polar surface area (TPSA) is 56.3 Å². The Bertz CT molecular complexity index is 624. The van der Waals surface area contributed by atoms with E-state index in [1.807, 2.05) is 12.3 Å². The first-order valence-corrected chi connectivity index (χ1v) is 9.01. The van der Waals surface area contributed by atoms with Gasteiger partial charge >= 0.3 is 0 Å². The number of hydrogen-bond acceptors (Lipinski definition) is 5. The molecule has 0 spiro atoms. The van der Waals surface area contributed by atoms with Crippen LogP contribution in [0.15, 0.2) is 30.7 Å². The molecule has 1 aromatic carbocycles. The second-order valence-corrected chi connectivity index (χ2v) is 6.10. The van der Waals surface area contributed by atoms with E-state index in [-0.39, 0.29) is 0 Å². The molecule has 0 aliphatic carbocycles. The molecule has 0 aliphatic heterocycles. The van der Waals surface area contributed by atoms with E-state index in [9.17, 15) is 0 Å². The number of nitrogens with one attached hydrogen (secondary N) is 1. The SMILES string of the molecule is CCCCNc1ncncc1CCCCc1cc(OC)cc(OC)c1. The largest absolute Gasteiger partial charge is 0.497 e. The Morgan fingerprint density at radius 2 is 1.68 bits per heavy atom. The molecule has 0 aliphatic rings. The number of ether oxygens (including phenoxy) is 2. The molecule has 2 rings (SSSR count). The second-order valence-electron chi connectivity index (χ2n) is 6.10. The van der Waals surface area contributed by atoms with E-state index < -0.39 is 0 Å². The number of rotatable bonds is 11. The molecule has 0 saturated carbocycles. The van der Waals surface area contributed by atoms with Crippen molar-refractivity contribution in [2.45, 2.75) is 45.4 Å². The van der Waals surface area contributed by atoms with Gasteiger partial charge in [-0.25, -0.2) is 9.97 Å². The van der Waals surface area contributed by atoms with Crippen molar-refractivity contribution in [3.8, 4) is 11.5 Å². The number of unbranched alkanes of at least 4 members (excludes halogenated alkanes) is 2. The lowest BCUT2D eigenvalue weighted by atomic mass is 10.0. The second kappa shape index (κ2) is 10.5. The molecule has 1 N–H and O–H groups in total. The number of aryl methyl sites for hydroxylation is 2. The van der Waals surface area contributed by atoms with Crippen LogP contribution in [0.2, 0.25) is 0 Å². The summed E-state index contributed by atoms with van der Waals surface area (Å²) >= 11 is 0. The Morgan fingerprint density at radius 3 is 2.36 bits per heavy atom. The van der Waals surface area contributed by atoms with Crippen molar-refractivity contribution < 1.29 is 9.47 Å². The third-order valence-electron chi connectivity index (χ3n) is 4.18. The number of aromatic nitrogens is 2. The highest BCUT2D eigenvalue weighted by Crippen LogP contribution is 2.24. The first-order valence-electron chi connectivity index (χ1n) is 9.01. The van der Waals surface area contributed by atoms with Gasteiger partial charge in [0.1, 0.15) is 23.6 Å². The lowest BCUT2D eigenvalue weighted by Gasteiger charge is -2.10. The van der Waals surface area contributed by atoms with Crippen LogP contribution >= 0.6 is 0 Å². The van der Waals surface area contributed by atoms with Gasteiger partial charge < -0.3 is 14.8 Å². The Labute approximate surface area is 150 Å².